The van der Waals surface area contributed by atoms with E-state index in [4.69, 9.17) is 15.9 Å². The predicted molar refractivity (Wildman–Crippen MR) is 81.5 cm³/mol. The zero-order chi connectivity index (χ0) is 14.7. The van der Waals surface area contributed by atoms with Gasteiger partial charge in [0.15, 0.2) is 5.84 Å². The molecule has 20 heavy (non-hydrogen) atoms. The molecule has 1 heterocycles. The standard InChI is InChI=1S/C15H24N4O/c1-4-19(9-10(2)3)15-12(14(16)18-20)8-11-6-5-7-13(11)17-15/h8,10,20H,4-7,9H2,1-3H3,(H2,16,18). The van der Waals surface area contributed by atoms with Crippen LogP contribution in [0.25, 0.3) is 0 Å². The second kappa shape index (κ2) is 6.11. The van der Waals surface area contributed by atoms with Gasteiger partial charge in [0.05, 0.1) is 5.56 Å². The highest BCUT2D eigenvalue weighted by Gasteiger charge is 2.21. The minimum Gasteiger partial charge on any atom is -0.409 e. The maximum atomic E-state index is 9.01. The highest BCUT2D eigenvalue weighted by molar-refractivity contribution is 6.01. The molecule has 0 bridgehead atoms. The lowest BCUT2D eigenvalue weighted by Crippen LogP contribution is -2.31. The van der Waals surface area contributed by atoms with E-state index in [2.05, 4.69) is 30.8 Å². The van der Waals surface area contributed by atoms with Crippen molar-refractivity contribution in [2.24, 2.45) is 16.8 Å². The quantitative estimate of drug-likeness (QED) is 0.374. The summed E-state index contributed by atoms with van der Waals surface area (Å²) in [6.07, 6.45) is 3.19. The number of anilines is 1. The van der Waals surface area contributed by atoms with Gasteiger partial charge in [-0.15, -0.1) is 0 Å². The van der Waals surface area contributed by atoms with Gasteiger partial charge < -0.3 is 15.8 Å². The number of nitrogens with zero attached hydrogens (tertiary/aromatic N) is 3. The minimum absolute atomic E-state index is 0.143. The lowest BCUT2D eigenvalue weighted by atomic mass is 10.1. The van der Waals surface area contributed by atoms with Gasteiger partial charge in [-0.1, -0.05) is 19.0 Å². The molecule has 0 unspecified atom stereocenters. The molecule has 0 saturated carbocycles. The largest absolute Gasteiger partial charge is 0.409 e. The Morgan fingerprint density at radius 3 is 2.85 bits per heavy atom. The summed E-state index contributed by atoms with van der Waals surface area (Å²) in [4.78, 5) is 7.01. The van der Waals surface area contributed by atoms with Crippen LogP contribution < -0.4 is 10.6 Å². The Hall–Kier alpha value is -1.78. The van der Waals surface area contributed by atoms with Crippen LogP contribution in [0.15, 0.2) is 11.2 Å². The molecule has 0 amide bonds. The molecule has 3 N–H and O–H groups in total. The average Bonchev–Trinajstić information content (AvgIpc) is 2.89. The van der Waals surface area contributed by atoms with Gasteiger partial charge in [-0.2, -0.15) is 0 Å². The Bertz CT molecular complexity index is 511. The van der Waals surface area contributed by atoms with Gasteiger partial charge >= 0.3 is 0 Å². The predicted octanol–water partition coefficient (Wildman–Crippen LogP) is 2.15. The van der Waals surface area contributed by atoms with E-state index >= 15 is 0 Å². The van der Waals surface area contributed by atoms with Gasteiger partial charge in [0.2, 0.25) is 0 Å². The summed E-state index contributed by atoms with van der Waals surface area (Å²) in [5, 5.41) is 12.2. The normalized spacial score (nSPS) is 14.7. The van der Waals surface area contributed by atoms with Crippen molar-refractivity contribution in [3.8, 4) is 0 Å². The van der Waals surface area contributed by atoms with E-state index in [0.717, 1.165) is 49.4 Å². The van der Waals surface area contributed by atoms with Crippen molar-refractivity contribution >= 4 is 11.7 Å². The maximum Gasteiger partial charge on any atom is 0.173 e. The van der Waals surface area contributed by atoms with E-state index in [0.29, 0.717) is 5.92 Å². The van der Waals surface area contributed by atoms with E-state index in [-0.39, 0.29) is 5.84 Å². The molecule has 0 aromatic carbocycles. The fourth-order valence-electron chi connectivity index (χ4n) is 2.75. The minimum atomic E-state index is 0.143. The fourth-order valence-corrected chi connectivity index (χ4v) is 2.75. The number of hydrogen-bond acceptors (Lipinski definition) is 4. The van der Waals surface area contributed by atoms with Crippen LogP contribution in [-0.2, 0) is 12.8 Å². The zero-order valence-corrected chi connectivity index (χ0v) is 12.6. The molecule has 5 nitrogen and oxygen atoms in total. The molecule has 0 aliphatic heterocycles. The summed E-state index contributed by atoms with van der Waals surface area (Å²) in [5.74, 6) is 1.52. The number of nitrogens with two attached hydrogens (primary N) is 1. The molecule has 0 radical (unpaired) electrons. The highest BCUT2D eigenvalue weighted by Crippen LogP contribution is 2.27. The lowest BCUT2D eigenvalue weighted by molar-refractivity contribution is 0.318. The monoisotopic (exact) mass is 276 g/mol. The number of oxime groups is 1. The van der Waals surface area contributed by atoms with Crippen LogP contribution in [0.3, 0.4) is 0 Å². The Labute approximate surface area is 120 Å². The number of aryl methyl sites for hydroxylation is 2. The highest BCUT2D eigenvalue weighted by atomic mass is 16.4. The second-order valence-electron chi connectivity index (χ2n) is 5.74. The van der Waals surface area contributed by atoms with Gasteiger partial charge in [-0.25, -0.2) is 4.98 Å². The molecule has 1 aliphatic carbocycles. The van der Waals surface area contributed by atoms with Crippen molar-refractivity contribution in [2.75, 3.05) is 18.0 Å². The van der Waals surface area contributed by atoms with E-state index in [1.165, 1.54) is 5.56 Å². The number of aromatic nitrogens is 1. The summed E-state index contributed by atoms with van der Waals surface area (Å²) in [6.45, 7) is 8.23. The fraction of sp³-hybridized carbons (Fsp3) is 0.600. The van der Waals surface area contributed by atoms with Crippen molar-refractivity contribution in [1.29, 1.82) is 0 Å². The smallest absolute Gasteiger partial charge is 0.173 e. The summed E-state index contributed by atoms with van der Waals surface area (Å²) < 4.78 is 0. The number of pyridine rings is 1. The first-order valence-electron chi connectivity index (χ1n) is 7.32. The average molecular weight is 276 g/mol. The van der Waals surface area contributed by atoms with Crippen LogP contribution in [0, 0.1) is 5.92 Å². The van der Waals surface area contributed by atoms with E-state index in [1.54, 1.807) is 0 Å². The van der Waals surface area contributed by atoms with Gasteiger partial charge in [0, 0.05) is 18.8 Å². The molecule has 0 atom stereocenters. The van der Waals surface area contributed by atoms with E-state index in [1.807, 2.05) is 6.07 Å². The first-order chi connectivity index (χ1) is 9.56. The first-order valence-corrected chi connectivity index (χ1v) is 7.32. The number of hydrogen-bond donors (Lipinski definition) is 2. The maximum absolute atomic E-state index is 9.01. The molecule has 5 heteroatoms. The van der Waals surface area contributed by atoms with E-state index in [9.17, 15) is 0 Å². The summed E-state index contributed by atoms with van der Waals surface area (Å²) >= 11 is 0. The molecule has 0 fully saturated rings. The Morgan fingerprint density at radius 2 is 2.25 bits per heavy atom. The van der Waals surface area contributed by atoms with Crippen molar-refractivity contribution in [3.05, 3.63) is 22.9 Å². The molecule has 0 spiro atoms. The summed E-state index contributed by atoms with van der Waals surface area (Å²) in [7, 11) is 0. The van der Waals surface area contributed by atoms with Crippen molar-refractivity contribution in [1.82, 2.24) is 4.98 Å². The number of amidine groups is 1. The number of rotatable bonds is 5. The molecular formula is C15H24N4O. The third kappa shape index (κ3) is 2.86. The van der Waals surface area contributed by atoms with Crippen LogP contribution in [0.2, 0.25) is 0 Å². The van der Waals surface area contributed by atoms with Gasteiger partial charge in [-0.3, -0.25) is 0 Å². The van der Waals surface area contributed by atoms with Crippen LogP contribution in [0.5, 0.6) is 0 Å². The Kier molecular flexibility index (Phi) is 4.47. The Balaban J connectivity index is 2.48. The number of fused-ring (bicyclic) bond motifs is 1. The molecule has 0 saturated heterocycles. The van der Waals surface area contributed by atoms with E-state index < -0.39 is 0 Å². The molecule has 1 aliphatic rings. The van der Waals surface area contributed by atoms with Crippen molar-refractivity contribution in [3.63, 3.8) is 0 Å². The zero-order valence-electron chi connectivity index (χ0n) is 12.6. The van der Waals surface area contributed by atoms with Crippen LogP contribution in [0.4, 0.5) is 5.82 Å². The molecule has 2 rings (SSSR count). The SMILES string of the molecule is CCN(CC(C)C)c1nc2c(cc1C(N)=NO)CCC2. The third-order valence-electron chi connectivity index (χ3n) is 3.68. The third-order valence-corrected chi connectivity index (χ3v) is 3.68. The summed E-state index contributed by atoms with van der Waals surface area (Å²) in [6, 6.07) is 2.04. The van der Waals surface area contributed by atoms with Crippen molar-refractivity contribution < 1.29 is 5.21 Å². The van der Waals surface area contributed by atoms with Gasteiger partial charge in [-0.05, 0) is 43.7 Å². The topological polar surface area (TPSA) is 74.7 Å². The first kappa shape index (κ1) is 14.6. The Morgan fingerprint density at radius 1 is 1.50 bits per heavy atom. The van der Waals surface area contributed by atoms with Crippen LogP contribution in [-0.4, -0.2) is 29.1 Å². The molecule has 1 aromatic heterocycles. The molecule has 1 aromatic rings. The van der Waals surface area contributed by atoms with Crippen LogP contribution in [0.1, 0.15) is 44.0 Å². The lowest BCUT2D eigenvalue weighted by Gasteiger charge is -2.26. The van der Waals surface area contributed by atoms with Gasteiger partial charge in [0.1, 0.15) is 5.82 Å². The van der Waals surface area contributed by atoms with Crippen LogP contribution >= 0.6 is 0 Å². The van der Waals surface area contributed by atoms with Gasteiger partial charge in [0.25, 0.3) is 0 Å². The second-order valence-corrected chi connectivity index (χ2v) is 5.74. The summed E-state index contributed by atoms with van der Waals surface area (Å²) in [5.41, 5.74) is 8.99. The molecule has 110 valence electrons. The van der Waals surface area contributed by atoms with Crippen molar-refractivity contribution in [2.45, 2.75) is 40.0 Å². The molecular weight excluding hydrogens is 252 g/mol.